The number of hydrogen-bond acceptors (Lipinski definition) is 4. The number of rotatable bonds is 7. The van der Waals surface area contributed by atoms with Crippen molar-refractivity contribution in [1.82, 2.24) is 15.5 Å². The molecule has 1 aromatic rings. The molecule has 5 nitrogen and oxygen atoms in total. The van der Waals surface area contributed by atoms with E-state index in [1.54, 1.807) is 7.11 Å². The first-order chi connectivity index (χ1) is 10.2. The van der Waals surface area contributed by atoms with Gasteiger partial charge < -0.3 is 15.4 Å². The van der Waals surface area contributed by atoms with Crippen molar-refractivity contribution in [3.63, 3.8) is 0 Å². The number of ether oxygens (including phenoxy) is 1. The molecule has 1 aliphatic rings. The SMILES string of the molecule is CNCC1CCCN1CC(=O)NCc1ccccc1OC.Cl. The van der Waals surface area contributed by atoms with E-state index >= 15 is 0 Å². The van der Waals surface area contributed by atoms with Crippen molar-refractivity contribution in [3.05, 3.63) is 29.8 Å². The van der Waals surface area contributed by atoms with E-state index in [1.807, 2.05) is 31.3 Å². The number of carbonyl (C=O) groups is 1. The molecule has 1 saturated heterocycles. The quantitative estimate of drug-likeness (QED) is 0.795. The monoisotopic (exact) mass is 327 g/mol. The lowest BCUT2D eigenvalue weighted by Gasteiger charge is -2.23. The molecule has 1 fully saturated rings. The van der Waals surface area contributed by atoms with E-state index < -0.39 is 0 Å². The first-order valence-electron chi connectivity index (χ1n) is 7.52. The first-order valence-corrected chi connectivity index (χ1v) is 7.52. The average Bonchev–Trinajstić information content (AvgIpc) is 2.93. The molecule has 1 aromatic carbocycles. The Morgan fingerprint density at radius 3 is 2.91 bits per heavy atom. The minimum Gasteiger partial charge on any atom is -0.496 e. The van der Waals surface area contributed by atoms with Crippen LogP contribution in [-0.4, -0.2) is 50.6 Å². The van der Waals surface area contributed by atoms with Gasteiger partial charge in [-0.1, -0.05) is 18.2 Å². The molecule has 124 valence electrons. The summed E-state index contributed by atoms with van der Waals surface area (Å²) in [7, 11) is 3.60. The van der Waals surface area contributed by atoms with Crippen LogP contribution in [0.3, 0.4) is 0 Å². The van der Waals surface area contributed by atoms with Gasteiger partial charge in [-0.05, 0) is 32.5 Å². The number of carbonyl (C=O) groups excluding carboxylic acids is 1. The Balaban J connectivity index is 0.00000242. The predicted octanol–water partition coefficient (Wildman–Crippen LogP) is 1.42. The van der Waals surface area contributed by atoms with E-state index in [1.165, 1.54) is 12.8 Å². The van der Waals surface area contributed by atoms with Crippen LogP contribution in [0, 0.1) is 0 Å². The van der Waals surface area contributed by atoms with Crippen LogP contribution in [0.1, 0.15) is 18.4 Å². The topological polar surface area (TPSA) is 53.6 Å². The molecule has 2 rings (SSSR count). The molecule has 22 heavy (non-hydrogen) atoms. The van der Waals surface area contributed by atoms with Crippen molar-refractivity contribution in [1.29, 1.82) is 0 Å². The van der Waals surface area contributed by atoms with Crippen molar-refractivity contribution in [2.45, 2.75) is 25.4 Å². The zero-order chi connectivity index (χ0) is 15.1. The van der Waals surface area contributed by atoms with Gasteiger partial charge >= 0.3 is 0 Å². The normalized spacial score (nSPS) is 17.8. The van der Waals surface area contributed by atoms with Gasteiger partial charge in [-0.25, -0.2) is 0 Å². The smallest absolute Gasteiger partial charge is 0.234 e. The van der Waals surface area contributed by atoms with E-state index in [-0.39, 0.29) is 18.3 Å². The van der Waals surface area contributed by atoms with Gasteiger partial charge in [0.05, 0.1) is 13.7 Å². The van der Waals surface area contributed by atoms with E-state index in [9.17, 15) is 4.79 Å². The number of nitrogens with zero attached hydrogens (tertiary/aromatic N) is 1. The number of likely N-dealkylation sites (tertiary alicyclic amines) is 1. The van der Waals surface area contributed by atoms with E-state index in [2.05, 4.69) is 15.5 Å². The zero-order valence-electron chi connectivity index (χ0n) is 13.3. The van der Waals surface area contributed by atoms with Crippen LogP contribution in [-0.2, 0) is 11.3 Å². The molecular weight excluding hydrogens is 302 g/mol. The molecule has 0 radical (unpaired) electrons. The van der Waals surface area contributed by atoms with Crippen LogP contribution in [0.5, 0.6) is 5.75 Å². The fourth-order valence-corrected chi connectivity index (χ4v) is 2.85. The molecule has 0 bridgehead atoms. The van der Waals surface area contributed by atoms with Crippen molar-refractivity contribution >= 4 is 18.3 Å². The van der Waals surface area contributed by atoms with Gasteiger partial charge in [-0.15, -0.1) is 12.4 Å². The molecule has 1 amide bonds. The van der Waals surface area contributed by atoms with Crippen LogP contribution in [0.4, 0.5) is 0 Å². The van der Waals surface area contributed by atoms with Crippen molar-refractivity contribution in [3.8, 4) is 5.75 Å². The standard InChI is InChI=1S/C16H25N3O2.ClH/c1-17-11-14-7-5-9-19(14)12-16(20)18-10-13-6-3-4-8-15(13)21-2;/h3-4,6,8,14,17H,5,7,9-12H2,1-2H3,(H,18,20);1H. The van der Waals surface area contributed by atoms with Crippen LogP contribution in [0.15, 0.2) is 24.3 Å². The summed E-state index contributed by atoms with van der Waals surface area (Å²) >= 11 is 0. The van der Waals surface area contributed by atoms with Crippen molar-refractivity contribution in [2.24, 2.45) is 0 Å². The van der Waals surface area contributed by atoms with Gasteiger partial charge in [-0.3, -0.25) is 9.69 Å². The average molecular weight is 328 g/mol. The Labute approximate surface area is 138 Å². The van der Waals surface area contributed by atoms with E-state index in [0.717, 1.165) is 24.4 Å². The lowest BCUT2D eigenvalue weighted by molar-refractivity contribution is -0.122. The fraction of sp³-hybridized carbons (Fsp3) is 0.562. The number of benzene rings is 1. The highest BCUT2D eigenvalue weighted by Crippen LogP contribution is 2.17. The number of likely N-dealkylation sites (N-methyl/N-ethyl adjacent to an activating group) is 1. The Kier molecular flexibility index (Phi) is 8.24. The largest absolute Gasteiger partial charge is 0.496 e. The van der Waals surface area contributed by atoms with Crippen LogP contribution in [0.25, 0.3) is 0 Å². The summed E-state index contributed by atoms with van der Waals surface area (Å²) in [6, 6.07) is 8.24. The third-order valence-corrected chi connectivity index (χ3v) is 3.95. The Bertz CT molecular complexity index is 470. The zero-order valence-corrected chi connectivity index (χ0v) is 14.1. The number of methoxy groups -OCH3 is 1. The molecule has 1 heterocycles. The summed E-state index contributed by atoms with van der Waals surface area (Å²) in [4.78, 5) is 14.4. The molecule has 1 unspecified atom stereocenters. The van der Waals surface area contributed by atoms with Crippen LogP contribution in [0.2, 0.25) is 0 Å². The molecule has 2 N–H and O–H groups in total. The maximum Gasteiger partial charge on any atom is 0.234 e. The Hall–Kier alpha value is -1.30. The number of halogens is 1. The molecule has 1 atom stereocenters. The highest BCUT2D eigenvalue weighted by atomic mass is 35.5. The molecule has 0 spiro atoms. The highest BCUT2D eigenvalue weighted by molar-refractivity contribution is 5.85. The molecule has 6 heteroatoms. The number of para-hydroxylation sites is 1. The highest BCUT2D eigenvalue weighted by Gasteiger charge is 2.25. The molecule has 0 aromatic heterocycles. The number of amides is 1. The van der Waals surface area contributed by atoms with Crippen molar-refractivity contribution < 1.29 is 9.53 Å². The second kappa shape index (κ2) is 9.66. The summed E-state index contributed by atoms with van der Waals surface area (Å²) in [6.07, 6.45) is 2.34. The second-order valence-electron chi connectivity index (χ2n) is 5.41. The third kappa shape index (κ3) is 5.16. The summed E-state index contributed by atoms with van der Waals surface area (Å²) in [5, 5.41) is 6.18. The fourth-order valence-electron chi connectivity index (χ4n) is 2.85. The molecular formula is C16H26ClN3O2. The minimum absolute atomic E-state index is 0. The summed E-state index contributed by atoms with van der Waals surface area (Å²) < 4.78 is 5.29. The summed E-state index contributed by atoms with van der Waals surface area (Å²) in [5.41, 5.74) is 1.00. The van der Waals surface area contributed by atoms with Crippen molar-refractivity contribution in [2.75, 3.05) is 33.8 Å². The number of nitrogens with one attached hydrogen (secondary N) is 2. The van der Waals surface area contributed by atoms with Gasteiger partial charge in [0, 0.05) is 24.7 Å². The van der Waals surface area contributed by atoms with E-state index in [0.29, 0.717) is 19.1 Å². The van der Waals surface area contributed by atoms with Gasteiger partial charge in [0.2, 0.25) is 5.91 Å². The van der Waals surface area contributed by atoms with Gasteiger partial charge in [0.25, 0.3) is 0 Å². The second-order valence-corrected chi connectivity index (χ2v) is 5.41. The van der Waals surface area contributed by atoms with Gasteiger partial charge in [-0.2, -0.15) is 0 Å². The molecule has 0 saturated carbocycles. The summed E-state index contributed by atoms with van der Waals surface area (Å²) in [6.45, 7) is 2.93. The van der Waals surface area contributed by atoms with Crippen LogP contribution < -0.4 is 15.4 Å². The van der Waals surface area contributed by atoms with E-state index in [4.69, 9.17) is 4.74 Å². The first kappa shape index (κ1) is 18.7. The number of hydrogen-bond donors (Lipinski definition) is 2. The molecule has 1 aliphatic heterocycles. The minimum atomic E-state index is 0. The Morgan fingerprint density at radius 2 is 2.18 bits per heavy atom. The lowest BCUT2D eigenvalue weighted by atomic mass is 10.2. The van der Waals surface area contributed by atoms with Gasteiger partial charge in [0.15, 0.2) is 0 Å². The summed E-state index contributed by atoms with van der Waals surface area (Å²) in [5.74, 6) is 0.885. The maximum atomic E-state index is 12.1. The maximum absolute atomic E-state index is 12.1. The third-order valence-electron chi connectivity index (χ3n) is 3.95. The van der Waals surface area contributed by atoms with Gasteiger partial charge in [0.1, 0.15) is 5.75 Å². The Morgan fingerprint density at radius 1 is 1.41 bits per heavy atom. The molecule has 0 aliphatic carbocycles. The van der Waals surface area contributed by atoms with Crippen LogP contribution >= 0.6 is 12.4 Å². The predicted molar refractivity (Wildman–Crippen MR) is 90.6 cm³/mol. The lowest BCUT2D eigenvalue weighted by Crippen LogP contribution is -2.43.